The number of ether oxygens (including phenoxy) is 1. The van der Waals surface area contributed by atoms with Gasteiger partial charge in [-0.15, -0.1) is 0 Å². The number of halogens is 1. The van der Waals surface area contributed by atoms with Gasteiger partial charge in [-0.25, -0.2) is 0 Å². The Hall–Kier alpha value is -1.85. The lowest BCUT2D eigenvalue weighted by Crippen LogP contribution is -2.49. The van der Waals surface area contributed by atoms with Crippen LogP contribution in [0.5, 0.6) is 5.75 Å². The van der Waals surface area contributed by atoms with E-state index >= 15 is 0 Å². The third-order valence-electron chi connectivity index (χ3n) is 4.75. The highest BCUT2D eigenvalue weighted by molar-refractivity contribution is 9.10. The summed E-state index contributed by atoms with van der Waals surface area (Å²) < 4.78 is 6.82. The number of aryl methyl sites for hydroxylation is 2. The Morgan fingerprint density at radius 2 is 1.65 bits per heavy atom. The van der Waals surface area contributed by atoms with E-state index in [2.05, 4.69) is 45.1 Å². The van der Waals surface area contributed by atoms with Gasteiger partial charge in [0, 0.05) is 37.2 Å². The Morgan fingerprint density at radius 1 is 1.04 bits per heavy atom. The van der Waals surface area contributed by atoms with Crippen LogP contribution in [0.25, 0.3) is 0 Å². The SMILES string of the molecule is Cc1cc(OCC(=O)N2CCN(Cc3ccccc3)CC2)cc(C)c1Br. The first-order valence-electron chi connectivity index (χ1n) is 8.96. The van der Waals surface area contributed by atoms with Crippen LogP contribution in [0.2, 0.25) is 0 Å². The number of amides is 1. The summed E-state index contributed by atoms with van der Waals surface area (Å²) >= 11 is 3.55. The number of piperazine rings is 1. The second kappa shape index (κ2) is 8.69. The predicted octanol–water partition coefficient (Wildman–Crippen LogP) is 3.79. The zero-order valence-electron chi connectivity index (χ0n) is 15.4. The molecule has 0 saturated carbocycles. The van der Waals surface area contributed by atoms with Crippen molar-refractivity contribution in [2.45, 2.75) is 20.4 Å². The van der Waals surface area contributed by atoms with Gasteiger partial charge in [0.2, 0.25) is 0 Å². The maximum Gasteiger partial charge on any atom is 0.260 e. The highest BCUT2D eigenvalue weighted by atomic mass is 79.9. The summed E-state index contributed by atoms with van der Waals surface area (Å²) in [5.41, 5.74) is 3.54. The summed E-state index contributed by atoms with van der Waals surface area (Å²) in [4.78, 5) is 16.7. The highest BCUT2D eigenvalue weighted by Gasteiger charge is 2.21. The van der Waals surface area contributed by atoms with Crippen LogP contribution in [0.4, 0.5) is 0 Å². The number of hydrogen-bond donors (Lipinski definition) is 0. The molecular formula is C21H25BrN2O2. The van der Waals surface area contributed by atoms with Crippen molar-refractivity contribution >= 4 is 21.8 Å². The van der Waals surface area contributed by atoms with E-state index < -0.39 is 0 Å². The average molecular weight is 417 g/mol. The van der Waals surface area contributed by atoms with Crippen molar-refractivity contribution < 1.29 is 9.53 Å². The summed E-state index contributed by atoms with van der Waals surface area (Å²) in [5, 5.41) is 0. The van der Waals surface area contributed by atoms with E-state index in [9.17, 15) is 4.79 Å². The molecule has 138 valence electrons. The van der Waals surface area contributed by atoms with Crippen molar-refractivity contribution in [2.75, 3.05) is 32.8 Å². The first-order chi connectivity index (χ1) is 12.5. The van der Waals surface area contributed by atoms with Gasteiger partial charge in [0.05, 0.1) is 0 Å². The maximum absolute atomic E-state index is 12.4. The number of rotatable bonds is 5. The van der Waals surface area contributed by atoms with Crippen LogP contribution in [0.1, 0.15) is 16.7 Å². The minimum atomic E-state index is 0.0579. The van der Waals surface area contributed by atoms with Crippen molar-refractivity contribution in [3.05, 3.63) is 63.6 Å². The van der Waals surface area contributed by atoms with Crippen molar-refractivity contribution in [3.63, 3.8) is 0 Å². The number of nitrogens with zero attached hydrogens (tertiary/aromatic N) is 2. The minimum absolute atomic E-state index is 0.0579. The molecule has 1 aliphatic rings. The molecule has 0 atom stereocenters. The zero-order valence-corrected chi connectivity index (χ0v) is 17.0. The molecule has 1 heterocycles. The lowest BCUT2D eigenvalue weighted by molar-refractivity contribution is -0.135. The lowest BCUT2D eigenvalue weighted by atomic mass is 10.1. The molecule has 0 spiro atoms. The fourth-order valence-electron chi connectivity index (χ4n) is 3.22. The molecule has 0 radical (unpaired) electrons. The van der Waals surface area contributed by atoms with Gasteiger partial charge in [0.15, 0.2) is 6.61 Å². The highest BCUT2D eigenvalue weighted by Crippen LogP contribution is 2.26. The van der Waals surface area contributed by atoms with Gasteiger partial charge in [-0.05, 0) is 42.7 Å². The van der Waals surface area contributed by atoms with E-state index in [0.717, 1.165) is 54.1 Å². The Labute approximate surface area is 163 Å². The molecule has 1 fully saturated rings. The summed E-state index contributed by atoms with van der Waals surface area (Å²) in [6, 6.07) is 14.4. The van der Waals surface area contributed by atoms with Gasteiger partial charge in [0.25, 0.3) is 5.91 Å². The molecule has 0 unspecified atom stereocenters. The molecule has 5 heteroatoms. The summed E-state index contributed by atoms with van der Waals surface area (Å²) in [7, 11) is 0. The molecule has 3 rings (SSSR count). The van der Waals surface area contributed by atoms with E-state index in [1.807, 2.05) is 36.9 Å². The van der Waals surface area contributed by atoms with Gasteiger partial charge >= 0.3 is 0 Å². The minimum Gasteiger partial charge on any atom is -0.484 e. The normalized spacial score (nSPS) is 15.1. The van der Waals surface area contributed by atoms with Crippen LogP contribution in [-0.4, -0.2) is 48.5 Å². The van der Waals surface area contributed by atoms with Crippen molar-refractivity contribution in [1.82, 2.24) is 9.80 Å². The third-order valence-corrected chi connectivity index (χ3v) is 6.00. The quantitative estimate of drug-likeness (QED) is 0.742. The van der Waals surface area contributed by atoms with Gasteiger partial charge in [-0.3, -0.25) is 9.69 Å². The number of benzene rings is 2. The largest absolute Gasteiger partial charge is 0.484 e. The summed E-state index contributed by atoms with van der Waals surface area (Å²) in [5.74, 6) is 0.807. The van der Waals surface area contributed by atoms with Gasteiger partial charge in [0.1, 0.15) is 5.75 Å². The topological polar surface area (TPSA) is 32.8 Å². The molecule has 0 aliphatic carbocycles. The smallest absolute Gasteiger partial charge is 0.260 e. The molecule has 0 aromatic heterocycles. The van der Waals surface area contributed by atoms with Gasteiger partial charge < -0.3 is 9.64 Å². The van der Waals surface area contributed by atoms with E-state index in [0.29, 0.717) is 0 Å². The summed E-state index contributed by atoms with van der Waals surface area (Å²) in [6.07, 6.45) is 0. The first-order valence-corrected chi connectivity index (χ1v) is 9.76. The average Bonchev–Trinajstić information content (AvgIpc) is 2.65. The third kappa shape index (κ3) is 4.86. The van der Waals surface area contributed by atoms with Crippen LogP contribution in [-0.2, 0) is 11.3 Å². The second-order valence-electron chi connectivity index (χ2n) is 6.80. The van der Waals surface area contributed by atoms with Gasteiger partial charge in [-0.2, -0.15) is 0 Å². The molecule has 1 saturated heterocycles. The second-order valence-corrected chi connectivity index (χ2v) is 7.60. The standard InChI is InChI=1S/C21H25BrN2O2/c1-16-12-19(13-17(2)21(16)22)26-15-20(25)24-10-8-23(9-11-24)14-18-6-4-3-5-7-18/h3-7,12-13H,8-11,14-15H2,1-2H3. The molecule has 2 aromatic rings. The van der Waals surface area contributed by atoms with Crippen LogP contribution >= 0.6 is 15.9 Å². The molecule has 0 N–H and O–H groups in total. The number of hydrogen-bond acceptors (Lipinski definition) is 3. The fraction of sp³-hybridized carbons (Fsp3) is 0.381. The van der Waals surface area contributed by atoms with Gasteiger partial charge in [-0.1, -0.05) is 46.3 Å². The van der Waals surface area contributed by atoms with Crippen molar-refractivity contribution in [2.24, 2.45) is 0 Å². The molecule has 26 heavy (non-hydrogen) atoms. The molecular weight excluding hydrogens is 392 g/mol. The summed E-state index contributed by atoms with van der Waals surface area (Å²) in [6.45, 7) is 8.40. The Bertz CT molecular complexity index is 733. The van der Waals surface area contributed by atoms with Crippen LogP contribution in [0.15, 0.2) is 46.9 Å². The van der Waals surface area contributed by atoms with E-state index in [-0.39, 0.29) is 12.5 Å². The molecule has 2 aromatic carbocycles. The van der Waals surface area contributed by atoms with Crippen molar-refractivity contribution in [3.8, 4) is 5.75 Å². The Kier molecular flexibility index (Phi) is 6.33. The molecule has 0 bridgehead atoms. The molecule has 1 aliphatic heterocycles. The first kappa shape index (κ1) is 18.9. The Balaban J connectivity index is 1.46. The number of carbonyl (C=O) groups is 1. The Morgan fingerprint density at radius 3 is 2.27 bits per heavy atom. The van der Waals surface area contributed by atoms with Crippen LogP contribution in [0, 0.1) is 13.8 Å². The van der Waals surface area contributed by atoms with E-state index in [1.54, 1.807) is 0 Å². The molecule has 1 amide bonds. The monoisotopic (exact) mass is 416 g/mol. The van der Waals surface area contributed by atoms with E-state index in [4.69, 9.17) is 4.74 Å². The molecule has 4 nitrogen and oxygen atoms in total. The van der Waals surface area contributed by atoms with Crippen LogP contribution in [0.3, 0.4) is 0 Å². The van der Waals surface area contributed by atoms with Crippen LogP contribution < -0.4 is 4.74 Å². The van der Waals surface area contributed by atoms with E-state index in [1.165, 1.54) is 5.56 Å². The number of carbonyl (C=O) groups excluding carboxylic acids is 1. The predicted molar refractivity (Wildman–Crippen MR) is 107 cm³/mol. The zero-order chi connectivity index (χ0) is 18.5. The lowest BCUT2D eigenvalue weighted by Gasteiger charge is -2.34. The fourth-order valence-corrected chi connectivity index (χ4v) is 3.45. The maximum atomic E-state index is 12.4. The van der Waals surface area contributed by atoms with Crippen molar-refractivity contribution in [1.29, 1.82) is 0 Å².